The molecule has 0 fully saturated rings. The SMILES string of the molecule is NCc1cc(NC(=O)CCn2nc3ccccn3c2=O)cc(C(F)(F)F)c1. The number of nitrogens with two attached hydrogens (primary N) is 1. The van der Waals surface area contributed by atoms with Crippen molar-refractivity contribution in [2.75, 3.05) is 5.32 Å². The highest BCUT2D eigenvalue weighted by molar-refractivity contribution is 5.90. The fourth-order valence-electron chi connectivity index (χ4n) is 2.59. The predicted molar refractivity (Wildman–Crippen MR) is 92.0 cm³/mol. The Bertz CT molecular complexity index is 1040. The van der Waals surface area contributed by atoms with Gasteiger partial charge in [-0.25, -0.2) is 9.48 Å². The van der Waals surface area contributed by atoms with Crippen molar-refractivity contribution in [3.63, 3.8) is 0 Å². The number of anilines is 1. The van der Waals surface area contributed by atoms with Crippen molar-refractivity contribution >= 4 is 17.2 Å². The molecule has 3 aromatic rings. The third-order valence-electron chi connectivity index (χ3n) is 3.88. The molecule has 0 spiro atoms. The highest BCUT2D eigenvalue weighted by Gasteiger charge is 2.31. The molecule has 3 rings (SSSR count). The normalized spacial score (nSPS) is 11.7. The zero-order valence-corrected chi connectivity index (χ0v) is 14.0. The van der Waals surface area contributed by atoms with Crippen molar-refractivity contribution in [3.8, 4) is 0 Å². The van der Waals surface area contributed by atoms with Crippen LogP contribution in [0.2, 0.25) is 0 Å². The van der Waals surface area contributed by atoms with Gasteiger partial charge in [0.15, 0.2) is 5.65 Å². The van der Waals surface area contributed by atoms with Crippen LogP contribution < -0.4 is 16.7 Å². The summed E-state index contributed by atoms with van der Waals surface area (Å²) >= 11 is 0. The fourth-order valence-corrected chi connectivity index (χ4v) is 2.59. The van der Waals surface area contributed by atoms with E-state index in [1.54, 1.807) is 24.4 Å². The minimum Gasteiger partial charge on any atom is -0.326 e. The number of rotatable bonds is 5. The molecule has 2 aromatic heterocycles. The van der Waals surface area contributed by atoms with Crippen molar-refractivity contribution in [1.29, 1.82) is 0 Å². The average Bonchev–Trinajstić information content (AvgIpc) is 2.95. The number of nitrogens with zero attached hydrogens (tertiary/aromatic N) is 3. The highest BCUT2D eigenvalue weighted by Crippen LogP contribution is 2.32. The predicted octanol–water partition coefficient (Wildman–Crippen LogP) is 2.00. The molecule has 0 radical (unpaired) electrons. The average molecular weight is 379 g/mol. The van der Waals surface area contributed by atoms with Gasteiger partial charge in [-0.2, -0.15) is 13.2 Å². The van der Waals surface area contributed by atoms with Crippen molar-refractivity contribution in [3.05, 3.63) is 64.2 Å². The van der Waals surface area contributed by atoms with Crippen LogP contribution in [0, 0.1) is 0 Å². The third kappa shape index (κ3) is 4.17. The number of hydrogen-bond acceptors (Lipinski definition) is 4. The molecule has 142 valence electrons. The number of aryl methyl sites for hydroxylation is 1. The number of aromatic nitrogens is 3. The Morgan fingerprint density at radius 2 is 2.00 bits per heavy atom. The summed E-state index contributed by atoms with van der Waals surface area (Å²) in [6, 6.07) is 8.20. The standard InChI is InChI=1S/C17H16F3N5O2/c18-17(19,20)12-7-11(10-21)8-13(9-12)22-15(26)4-6-25-16(27)24-5-2-1-3-14(24)23-25/h1-3,5,7-9H,4,6,10,21H2,(H,22,26). The van der Waals surface area contributed by atoms with E-state index in [1.165, 1.54) is 10.5 Å². The molecule has 1 aromatic carbocycles. The summed E-state index contributed by atoms with van der Waals surface area (Å²) in [5.41, 5.74) is 4.81. The van der Waals surface area contributed by atoms with Gasteiger partial charge in [-0.1, -0.05) is 6.07 Å². The van der Waals surface area contributed by atoms with E-state index < -0.39 is 23.3 Å². The van der Waals surface area contributed by atoms with E-state index in [-0.39, 0.29) is 30.8 Å². The van der Waals surface area contributed by atoms with Gasteiger partial charge in [0, 0.05) is 24.8 Å². The van der Waals surface area contributed by atoms with Crippen molar-refractivity contribution in [2.45, 2.75) is 25.7 Å². The molecule has 0 aliphatic rings. The van der Waals surface area contributed by atoms with Gasteiger partial charge in [0.05, 0.1) is 12.1 Å². The van der Waals surface area contributed by atoms with Crippen molar-refractivity contribution < 1.29 is 18.0 Å². The Hall–Kier alpha value is -3.14. The Balaban J connectivity index is 1.72. The summed E-state index contributed by atoms with van der Waals surface area (Å²) in [5.74, 6) is -0.541. The number of carbonyl (C=O) groups is 1. The highest BCUT2D eigenvalue weighted by atomic mass is 19.4. The van der Waals surface area contributed by atoms with Crippen LogP contribution in [0.25, 0.3) is 5.65 Å². The number of hydrogen-bond donors (Lipinski definition) is 2. The summed E-state index contributed by atoms with van der Waals surface area (Å²) in [7, 11) is 0. The smallest absolute Gasteiger partial charge is 0.326 e. The lowest BCUT2D eigenvalue weighted by Crippen LogP contribution is -2.24. The second-order valence-corrected chi connectivity index (χ2v) is 5.85. The number of nitrogens with one attached hydrogen (secondary N) is 1. The van der Waals surface area contributed by atoms with E-state index in [0.29, 0.717) is 5.65 Å². The third-order valence-corrected chi connectivity index (χ3v) is 3.88. The molecule has 1 amide bonds. The first-order chi connectivity index (χ1) is 12.8. The number of fused-ring (bicyclic) bond motifs is 1. The maximum atomic E-state index is 12.9. The van der Waals surface area contributed by atoms with Gasteiger partial charge >= 0.3 is 11.9 Å². The molecule has 3 N–H and O–H groups in total. The first kappa shape index (κ1) is 18.6. The molecule has 0 atom stereocenters. The summed E-state index contributed by atoms with van der Waals surface area (Å²) in [4.78, 5) is 24.2. The summed E-state index contributed by atoms with van der Waals surface area (Å²) in [6.07, 6.45) is -3.12. The first-order valence-corrected chi connectivity index (χ1v) is 8.03. The summed E-state index contributed by atoms with van der Waals surface area (Å²) in [6.45, 7) is -0.0987. The van der Waals surface area contributed by atoms with Gasteiger partial charge in [-0.3, -0.25) is 9.20 Å². The number of amides is 1. The lowest BCUT2D eigenvalue weighted by Gasteiger charge is -2.12. The minimum atomic E-state index is -4.55. The molecule has 10 heteroatoms. The zero-order chi connectivity index (χ0) is 19.6. The van der Waals surface area contributed by atoms with Gasteiger partial charge in [0.2, 0.25) is 5.91 Å². The Labute approximate surface area is 151 Å². The van der Waals surface area contributed by atoms with E-state index >= 15 is 0 Å². The van der Waals surface area contributed by atoms with Gasteiger partial charge in [-0.15, -0.1) is 5.10 Å². The summed E-state index contributed by atoms with van der Waals surface area (Å²) < 4.78 is 41.3. The minimum absolute atomic E-state index is 0.00220. The number of pyridine rings is 1. The van der Waals surface area contributed by atoms with Crippen LogP contribution in [0.15, 0.2) is 47.4 Å². The molecule has 0 saturated carbocycles. The van der Waals surface area contributed by atoms with Crippen LogP contribution in [-0.4, -0.2) is 20.1 Å². The molecular weight excluding hydrogens is 363 g/mol. The van der Waals surface area contributed by atoms with Crippen LogP contribution in [0.5, 0.6) is 0 Å². The molecule has 0 aliphatic heterocycles. The lowest BCUT2D eigenvalue weighted by atomic mass is 10.1. The number of halogens is 3. The van der Waals surface area contributed by atoms with Crippen LogP contribution in [-0.2, 0) is 24.1 Å². The van der Waals surface area contributed by atoms with E-state index in [4.69, 9.17) is 5.73 Å². The van der Waals surface area contributed by atoms with E-state index in [2.05, 4.69) is 10.4 Å². The van der Waals surface area contributed by atoms with E-state index in [9.17, 15) is 22.8 Å². The van der Waals surface area contributed by atoms with Crippen LogP contribution in [0.1, 0.15) is 17.5 Å². The van der Waals surface area contributed by atoms with Gasteiger partial charge < -0.3 is 11.1 Å². The lowest BCUT2D eigenvalue weighted by molar-refractivity contribution is -0.137. The summed E-state index contributed by atoms with van der Waals surface area (Å²) in [5, 5.41) is 6.50. The first-order valence-electron chi connectivity index (χ1n) is 8.03. The van der Waals surface area contributed by atoms with E-state index in [0.717, 1.165) is 16.8 Å². The van der Waals surface area contributed by atoms with E-state index in [1.807, 2.05) is 0 Å². The fraction of sp³-hybridized carbons (Fsp3) is 0.235. The molecule has 2 heterocycles. The molecule has 7 nitrogen and oxygen atoms in total. The Morgan fingerprint density at radius 1 is 1.22 bits per heavy atom. The van der Waals surface area contributed by atoms with Crippen LogP contribution in [0.4, 0.5) is 18.9 Å². The number of alkyl halides is 3. The largest absolute Gasteiger partial charge is 0.416 e. The van der Waals surface area contributed by atoms with Crippen LogP contribution >= 0.6 is 0 Å². The second-order valence-electron chi connectivity index (χ2n) is 5.85. The van der Waals surface area contributed by atoms with Gasteiger partial charge in [-0.05, 0) is 35.9 Å². The maximum Gasteiger partial charge on any atom is 0.416 e. The van der Waals surface area contributed by atoms with Crippen LogP contribution in [0.3, 0.4) is 0 Å². The topological polar surface area (TPSA) is 94.4 Å². The number of carbonyl (C=O) groups excluding carboxylic acids is 1. The monoisotopic (exact) mass is 379 g/mol. The second kappa shape index (κ2) is 7.23. The van der Waals surface area contributed by atoms with Gasteiger partial charge in [0.25, 0.3) is 0 Å². The molecule has 0 unspecified atom stereocenters. The Kier molecular flexibility index (Phi) is 5.00. The molecular formula is C17H16F3N5O2. The molecule has 0 aliphatic carbocycles. The molecule has 27 heavy (non-hydrogen) atoms. The Morgan fingerprint density at radius 3 is 2.67 bits per heavy atom. The van der Waals surface area contributed by atoms with Crippen molar-refractivity contribution in [1.82, 2.24) is 14.2 Å². The van der Waals surface area contributed by atoms with Crippen molar-refractivity contribution in [2.24, 2.45) is 5.73 Å². The quantitative estimate of drug-likeness (QED) is 0.709. The zero-order valence-electron chi connectivity index (χ0n) is 14.0. The maximum absolute atomic E-state index is 12.9. The van der Waals surface area contributed by atoms with Gasteiger partial charge in [0.1, 0.15) is 0 Å². The molecule has 0 saturated heterocycles. The number of benzene rings is 1. The molecule has 0 bridgehead atoms.